The first-order valence-electron chi connectivity index (χ1n) is 11.9. The molecule has 0 saturated carbocycles. The monoisotopic (exact) mass is 462 g/mol. The van der Waals surface area contributed by atoms with E-state index in [1.807, 2.05) is 41.9 Å². The molecule has 34 heavy (non-hydrogen) atoms. The molecule has 0 bridgehead atoms. The molecule has 1 N–H and O–H groups in total. The molecule has 4 heterocycles. The van der Waals surface area contributed by atoms with Crippen molar-refractivity contribution in [2.75, 3.05) is 6.61 Å². The molecule has 2 atom stereocenters. The van der Waals surface area contributed by atoms with E-state index in [0.29, 0.717) is 25.2 Å². The van der Waals surface area contributed by atoms with Crippen molar-refractivity contribution in [3.63, 3.8) is 0 Å². The normalized spacial score (nSPS) is 17.1. The van der Waals surface area contributed by atoms with E-state index in [2.05, 4.69) is 38.4 Å². The molecule has 1 aliphatic rings. The molecular weight excluding hydrogens is 432 g/mol. The van der Waals surface area contributed by atoms with Crippen LogP contribution in [0.5, 0.6) is 0 Å². The summed E-state index contributed by atoms with van der Waals surface area (Å²) in [5.41, 5.74) is 2.56. The van der Waals surface area contributed by atoms with Crippen LogP contribution in [0.3, 0.4) is 0 Å². The standard InChI is InChI=1S/C25H30N6O3/c1-3-23(24-27-28-29-31(24)16-21-7-5-11-34-21)30(15-20-6-4-10-33-20)14-19-13-18-9-8-17(2)12-22(18)26-25(19)32/h4,6,8-10,12-13,21,23H,3,5,7,11,14-16H2,1-2H3,(H,26,32)/t21-,23-/m1/s1. The van der Waals surface area contributed by atoms with E-state index >= 15 is 0 Å². The van der Waals surface area contributed by atoms with Gasteiger partial charge in [0.2, 0.25) is 0 Å². The molecule has 1 fully saturated rings. The van der Waals surface area contributed by atoms with Gasteiger partial charge in [0.25, 0.3) is 5.56 Å². The summed E-state index contributed by atoms with van der Waals surface area (Å²) in [6, 6.07) is 11.8. The maximum atomic E-state index is 13.0. The number of aryl methyl sites for hydroxylation is 1. The number of hydrogen-bond donors (Lipinski definition) is 1. The van der Waals surface area contributed by atoms with E-state index in [1.165, 1.54) is 0 Å². The summed E-state index contributed by atoms with van der Waals surface area (Å²) in [5, 5.41) is 13.6. The maximum absolute atomic E-state index is 13.0. The molecule has 0 spiro atoms. The number of furan rings is 1. The number of H-pyrrole nitrogens is 1. The number of nitrogens with one attached hydrogen (secondary N) is 1. The van der Waals surface area contributed by atoms with Crippen LogP contribution in [-0.4, -0.2) is 42.8 Å². The number of fused-ring (bicyclic) bond motifs is 1. The summed E-state index contributed by atoms with van der Waals surface area (Å²) in [6.07, 6.45) is 4.65. The van der Waals surface area contributed by atoms with Gasteiger partial charge in [-0.1, -0.05) is 19.1 Å². The Kier molecular flexibility index (Phi) is 6.55. The van der Waals surface area contributed by atoms with Gasteiger partial charge in [0.1, 0.15) is 5.76 Å². The minimum absolute atomic E-state index is 0.0867. The molecule has 0 radical (unpaired) electrons. The fraction of sp³-hybridized carbons (Fsp3) is 0.440. The van der Waals surface area contributed by atoms with E-state index in [0.717, 1.165) is 53.9 Å². The third-order valence-corrected chi connectivity index (χ3v) is 6.48. The molecule has 0 amide bonds. The molecular formula is C25H30N6O3. The van der Waals surface area contributed by atoms with Crippen molar-refractivity contribution in [2.45, 2.75) is 64.9 Å². The zero-order valence-electron chi connectivity index (χ0n) is 19.6. The fourth-order valence-electron chi connectivity index (χ4n) is 4.74. The molecule has 9 heteroatoms. The van der Waals surface area contributed by atoms with Crippen molar-refractivity contribution in [1.82, 2.24) is 30.1 Å². The largest absolute Gasteiger partial charge is 0.468 e. The molecule has 9 nitrogen and oxygen atoms in total. The Morgan fingerprint density at radius 1 is 1.26 bits per heavy atom. The Labute approximate surface area is 197 Å². The first-order valence-corrected chi connectivity index (χ1v) is 11.9. The van der Waals surface area contributed by atoms with E-state index in [9.17, 15) is 4.79 Å². The number of aromatic nitrogens is 5. The average Bonchev–Trinajstić information content (AvgIpc) is 3.60. The second-order valence-corrected chi connectivity index (χ2v) is 8.98. The highest BCUT2D eigenvalue weighted by Gasteiger charge is 2.28. The Morgan fingerprint density at radius 3 is 2.94 bits per heavy atom. The fourth-order valence-corrected chi connectivity index (χ4v) is 4.74. The van der Waals surface area contributed by atoms with E-state index in [-0.39, 0.29) is 17.7 Å². The number of aromatic amines is 1. The molecule has 0 unspecified atom stereocenters. The van der Waals surface area contributed by atoms with Gasteiger partial charge in [0.15, 0.2) is 5.82 Å². The lowest BCUT2D eigenvalue weighted by Crippen LogP contribution is -2.33. The van der Waals surface area contributed by atoms with E-state index in [1.54, 1.807) is 6.26 Å². The average molecular weight is 463 g/mol. The van der Waals surface area contributed by atoms with E-state index < -0.39 is 0 Å². The number of benzene rings is 1. The third-order valence-electron chi connectivity index (χ3n) is 6.48. The summed E-state index contributed by atoms with van der Waals surface area (Å²) in [5.74, 6) is 1.60. The van der Waals surface area contributed by atoms with Crippen LogP contribution in [0.4, 0.5) is 0 Å². The topological polar surface area (TPSA) is 102 Å². The van der Waals surface area contributed by atoms with E-state index in [4.69, 9.17) is 9.15 Å². The lowest BCUT2D eigenvalue weighted by molar-refractivity contribution is 0.0882. The summed E-state index contributed by atoms with van der Waals surface area (Å²) < 4.78 is 13.3. The summed E-state index contributed by atoms with van der Waals surface area (Å²) >= 11 is 0. The van der Waals surface area contributed by atoms with Crippen molar-refractivity contribution < 1.29 is 9.15 Å². The first-order chi connectivity index (χ1) is 16.6. The van der Waals surface area contributed by atoms with Crippen LogP contribution in [-0.2, 0) is 24.4 Å². The van der Waals surface area contributed by atoms with Crippen LogP contribution in [0.2, 0.25) is 0 Å². The Hall–Kier alpha value is -3.30. The van der Waals surface area contributed by atoms with Gasteiger partial charge in [-0.25, -0.2) is 4.68 Å². The van der Waals surface area contributed by atoms with Crippen LogP contribution in [0.15, 0.2) is 51.9 Å². The number of pyridine rings is 1. The van der Waals surface area contributed by atoms with Crippen LogP contribution in [0, 0.1) is 6.92 Å². The highest BCUT2D eigenvalue weighted by atomic mass is 16.5. The minimum Gasteiger partial charge on any atom is -0.468 e. The molecule has 178 valence electrons. The van der Waals surface area contributed by atoms with Crippen LogP contribution < -0.4 is 5.56 Å². The Morgan fingerprint density at radius 2 is 2.18 bits per heavy atom. The molecule has 5 rings (SSSR count). The van der Waals surface area contributed by atoms with Crippen molar-refractivity contribution in [1.29, 1.82) is 0 Å². The Bertz CT molecular complexity index is 1290. The number of hydrogen-bond acceptors (Lipinski definition) is 7. The zero-order chi connectivity index (χ0) is 23.5. The summed E-state index contributed by atoms with van der Waals surface area (Å²) in [6.45, 7) is 6.51. The quantitative estimate of drug-likeness (QED) is 0.404. The van der Waals surface area contributed by atoms with Crippen molar-refractivity contribution in [3.8, 4) is 0 Å². The summed E-state index contributed by atoms with van der Waals surface area (Å²) in [4.78, 5) is 18.3. The van der Waals surface area contributed by atoms with Gasteiger partial charge < -0.3 is 14.1 Å². The highest BCUT2D eigenvalue weighted by molar-refractivity contribution is 5.79. The molecule has 1 saturated heterocycles. The van der Waals surface area contributed by atoms with Crippen LogP contribution in [0.1, 0.15) is 54.9 Å². The lowest BCUT2D eigenvalue weighted by Gasteiger charge is -2.29. The zero-order valence-corrected chi connectivity index (χ0v) is 19.6. The molecule has 0 aliphatic carbocycles. The van der Waals surface area contributed by atoms with Crippen molar-refractivity contribution in [2.24, 2.45) is 0 Å². The van der Waals surface area contributed by atoms with Gasteiger partial charge in [-0.05, 0) is 71.8 Å². The molecule has 3 aromatic heterocycles. The number of nitrogens with zero attached hydrogens (tertiary/aromatic N) is 5. The predicted molar refractivity (Wildman–Crippen MR) is 127 cm³/mol. The highest BCUT2D eigenvalue weighted by Crippen LogP contribution is 2.27. The van der Waals surface area contributed by atoms with Gasteiger partial charge in [0.05, 0.1) is 31.5 Å². The van der Waals surface area contributed by atoms with Gasteiger partial charge in [-0.3, -0.25) is 9.69 Å². The smallest absolute Gasteiger partial charge is 0.252 e. The van der Waals surface area contributed by atoms with Gasteiger partial charge in [-0.15, -0.1) is 5.10 Å². The minimum atomic E-state index is -0.102. The number of ether oxygens (including phenoxy) is 1. The van der Waals surface area contributed by atoms with Crippen LogP contribution in [0.25, 0.3) is 10.9 Å². The Balaban J connectivity index is 1.48. The first kappa shape index (κ1) is 22.5. The SMILES string of the molecule is CC[C@H](c1nnnn1C[C@H]1CCCO1)N(Cc1ccco1)Cc1cc2ccc(C)cc2[nH]c1=O. The third kappa shape index (κ3) is 4.80. The van der Waals surface area contributed by atoms with Gasteiger partial charge in [-0.2, -0.15) is 0 Å². The second kappa shape index (κ2) is 9.90. The summed E-state index contributed by atoms with van der Waals surface area (Å²) in [7, 11) is 0. The van der Waals surface area contributed by atoms with Gasteiger partial charge in [0, 0.05) is 24.2 Å². The maximum Gasteiger partial charge on any atom is 0.252 e. The molecule has 4 aromatic rings. The predicted octanol–water partition coefficient (Wildman–Crippen LogP) is 3.75. The van der Waals surface area contributed by atoms with Gasteiger partial charge >= 0.3 is 0 Å². The van der Waals surface area contributed by atoms with Crippen LogP contribution >= 0.6 is 0 Å². The van der Waals surface area contributed by atoms with Crippen molar-refractivity contribution in [3.05, 3.63) is 75.7 Å². The molecule has 1 aliphatic heterocycles. The lowest BCUT2D eigenvalue weighted by atomic mass is 10.1. The number of rotatable bonds is 9. The molecule has 1 aromatic carbocycles. The van der Waals surface area contributed by atoms with Crippen molar-refractivity contribution >= 4 is 10.9 Å². The number of tetrazole rings is 1. The second-order valence-electron chi connectivity index (χ2n) is 8.98.